The smallest absolute Gasteiger partial charge is 0.242 e. The van der Waals surface area contributed by atoms with E-state index in [2.05, 4.69) is 20.9 Å². The molecule has 0 saturated carbocycles. The summed E-state index contributed by atoms with van der Waals surface area (Å²) in [4.78, 5) is 4.38. The Morgan fingerprint density at radius 2 is 1.85 bits per heavy atom. The molecule has 1 unspecified atom stereocenters. The first-order chi connectivity index (χ1) is 12.7. The average molecular weight is 455 g/mol. The second-order valence-corrected chi connectivity index (χ2v) is 8.97. The van der Waals surface area contributed by atoms with Crippen LogP contribution in [0.4, 0.5) is 0 Å². The third-order valence-corrected chi connectivity index (χ3v) is 6.51. The van der Waals surface area contributed by atoms with E-state index in [-0.39, 0.29) is 4.90 Å². The average Bonchev–Trinajstić information content (AvgIpc) is 2.67. The predicted octanol–water partition coefficient (Wildman–Crippen LogP) is 4.23. The van der Waals surface area contributed by atoms with Crippen LogP contribution in [0.5, 0.6) is 0 Å². The van der Waals surface area contributed by atoms with Crippen LogP contribution >= 0.6 is 15.9 Å². The zero-order chi connectivity index (χ0) is 20.6. The molecular weight excluding hydrogens is 428 g/mol. The molecule has 0 bridgehead atoms. The van der Waals surface area contributed by atoms with Crippen molar-refractivity contribution >= 4 is 31.7 Å². The standard InChI is InChI=1S/C11H17NO3S.C9H10BrN/c1-4-11(13)9-5-7-10(8-6-9)16(14,15)12(2)3;1-3-7-8(10)5-4-6-9(7)11-2/h5-8,11,13H,4H2,1-3H3;3-6H,1-2H3/b;7-3-,11-9?. The first-order valence-corrected chi connectivity index (χ1v) is 10.8. The minimum Gasteiger partial charge on any atom is -0.388 e. The fraction of sp³-hybridized carbons (Fsp3) is 0.350. The molecule has 5 nitrogen and oxygen atoms in total. The molecule has 0 saturated heterocycles. The van der Waals surface area contributed by atoms with Gasteiger partial charge in [-0.25, -0.2) is 12.7 Å². The fourth-order valence-corrected chi connectivity index (χ4v) is 3.80. The van der Waals surface area contributed by atoms with Gasteiger partial charge in [-0.05, 0) is 43.2 Å². The van der Waals surface area contributed by atoms with Gasteiger partial charge in [-0.2, -0.15) is 0 Å². The summed E-state index contributed by atoms with van der Waals surface area (Å²) in [6, 6.07) is 6.32. The third kappa shape index (κ3) is 6.24. The molecule has 0 fully saturated rings. The van der Waals surface area contributed by atoms with Crippen LogP contribution in [0.2, 0.25) is 0 Å². The van der Waals surface area contributed by atoms with E-state index in [1.54, 1.807) is 19.2 Å². The fourth-order valence-electron chi connectivity index (χ4n) is 2.31. The number of allylic oxidation sites excluding steroid dienone is 6. The number of hydrogen-bond donors (Lipinski definition) is 1. The Kier molecular flexibility index (Phi) is 9.32. The number of sulfonamides is 1. The van der Waals surface area contributed by atoms with E-state index in [1.807, 2.05) is 38.2 Å². The van der Waals surface area contributed by atoms with Crippen LogP contribution in [0.3, 0.4) is 0 Å². The molecule has 1 aromatic carbocycles. The summed E-state index contributed by atoms with van der Waals surface area (Å²) >= 11 is 3.46. The number of halogens is 1. The quantitative estimate of drug-likeness (QED) is 0.739. The van der Waals surface area contributed by atoms with Crippen LogP contribution in [0.15, 0.2) is 68.5 Å². The van der Waals surface area contributed by atoms with Crippen molar-refractivity contribution in [3.8, 4) is 0 Å². The molecule has 0 spiro atoms. The van der Waals surface area contributed by atoms with Gasteiger partial charge in [0.15, 0.2) is 0 Å². The summed E-state index contributed by atoms with van der Waals surface area (Å²) in [7, 11) is 1.41. The molecule has 1 atom stereocenters. The predicted molar refractivity (Wildman–Crippen MR) is 116 cm³/mol. The van der Waals surface area contributed by atoms with Gasteiger partial charge in [-0.15, -0.1) is 0 Å². The van der Waals surface area contributed by atoms with E-state index in [9.17, 15) is 13.5 Å². The number of aliphatic imine (C=N–C) groups is 1. The van der Waals surface area contributed by atoms with Gasteiger partial charge in [0, 0.05) is 31.2 Å². The summed E-state index contributed by atoms with van der Waals surface area (Å²) in [6.07, 6.45) is 8.13. The van der Waals surface area contributed by atoms with Crippen molar-refractivity contribution in [3.63, 3.8) is 0 Å². The number of benzene rings is 1. The highest BCUT2D eigenvalue weighted by molar-refractivity contribution is 9.12. The van der Waals surface area contributed by atoms with Crippen molar-refractivity contribution in [1.29, 1.82) is 0 Å². The van der Waals surface area contributed by atoms with Crippen LogP contribution < -0.4 is 0 Å². The molecule has 1 N–H and O–H groups in total. The minimum absolute atomic E-state index is 0.240. The van der Waals surface area contributed by atoms with Crippen molar-refractivity contribution < 1.29 is 13.5 Å². The van der Waals surface area contributed by atoms with E-state index in [0.29, 0.717) is 6.42 Å². The van der Waals surface area contributed by atoms with E-state index in [1.165, 1.54) is 26.2 Å². The lowest BCUT2D eigenvalue weighted by atomic mass is 10.1. The second-order valence-electron chi connectivity index (χ2n) is 5.97. The normalized spacial score (nSPS) is 18.3. The van der Waals surface area contributed by atoms with E-state index >= 15 is 0 Å². The number of nitrogens with zero attached hydrogens (tertiary/aromatic N) is 2. The Morgan fingerprint density at radius 3 is 2.26 bits per heavy atom. The molecule has 0 aliphatic heterocycles. The monoisotopic (exact) mass is 454 g/mol. The van der Waals surface area contributed by atoms with E-state index in [4.69, 9.17) is 0 Å². The molecule has 1 aliphatic carbocycles. The molecule has 0 heterocycles. The van der Waals surface area contributed by atoms with Crippen molar-refractivity contribution in [2.45, 2.75) is 31.3 Å². The van der Waals surface area contributed by atoms with Crippen LogP contribution in [0.25, 0.3) is 0 Å². The Labute approximate surface area is 171 Å². The molecule has 1 aliphatic rings. The van der Waals surface area contributed by atoms with Crippen LogP contribution in [0, 0.1) is 0 Å². The first-order valence-electron chi connectivity index (χ1n) is 8.57. The number of aliphatic hydroxyl groups excluding tert-OH is 1. The van der Waals surface area contributed by atoms with Gasteiger partial charge in [0.2, 0.25) is 10.0 Å². The van der Waals surface area contributed by atoms with E-state index < -0.39 is 16.1 Å². The highest BCUT2D eigenvalue weighted by atomic mass is 79.9. The summed E-state index contributed by atoms with van der Waals surface area (Å²) in [5.74, 6) is 0. The van der Waals surface area contributed by atoms with E-state index in [0.717, 1.165) is 25.6 Å². The highest BCUT2D eigenvalue weighted by Crippen LogP contribution is 2.22. The topological polar surface area (TPSA) is 70.0 Å². The molecule has 27 heavy (non-hydrogen) atoms. The Balaban J connectivity index is 0.000000289. The molecule has 7 heteroatoms. The van der Waals surface area contributed by atoms with Gasteiger partial charge in [0.25, 0.3) is 0 Å². The Hall–Kier alpha value is -1.54. The van der Waals surface area contributed by atoms with Gasteiger partial charge in [0.05, 0.1) is 16.7 Å². The SMILES string of the molecule is C/C=C1/C(Br)=CC=CC1=NC.CCC(O)c1ccc(S(=O)(=O)N(C)C)cc1. The zero-order valence-electron chi connectivity index (χ0n) is 16.3. The number of rotatable bonds is 4. The summed E-state index contributed by atoms with van der Waals surface area (Å²) < 4.78 is 25.8. The third-order valence-electron chi connectivity index (χ3n) is 3.99. The van der Waals surface area contributed by atoms with Gasteiger partial charge in [-0.1, -0.05) is 47.1 Å². The first kappa shape index (κ1) is 23.5. The summed E-state index contributed by atoms with van der Waals surface area (Å²) in [5, 5.41) is 9.57. The lowest BCUT2D eigenvalue weighted by molar-refractivity contribution is 0.173. The molecule has 0 radical (unpaired) electrons. The number of aliphatic hydroxyl groups is 1. The minimum atomic E-state index is -3.37. The summed E-state index contributed by atoms with van der Waals surface area (Å²) in [5.41, 5.74) is 2.93. The Bertz CT molecular complexity index is 852. The zero-order valence-corrected chi connectivity index (χ0v) is 18.8. The molecule has 2 rings (SSSR count). The molecule has 0 aromatic heterocycles. The maximum Gasteiger partial charge on any atom is 0.242 e. The lowest BCUT2D eigenvalue weighted by Gasteiger charge is -2.13. The largest absolute Gasteiger partial charge is 0.388 e. The Morgan fingerprint density at radius 1 is 1.26 bits per heavy atom. The van der Waals surface area contributed by atoms with Crippen LogP contribution in [0.1, 0.15) is 31.9 Å². The molecule has 0 amide bonds. The summed E-state index contributed by atoms with van der Waals surface area (Å²) in [6.45, 7) is 3.88. The van der Waals surface area contributed by atoms with Gasteiger partial charge in [-0.3, -0.25) is 4.99 Å². The van der Waals surface area contributed by atoms with Gasteiger partial charge >= 0.3 is 0 Å². The molecular formula is C20H27BrN2O3S. The van der Waals surface area contributed by atoms with Crippen molar-refractivity contribution in [2.24, 2.45) is 4.99 Å². The van der Waals surface area contributed by atoms with Crippen molar-refractivity contribution in [3.05, 3.63) is 64.2 Å². The van der Waals surface area contributed by atoms with Crippen LogP contribution in [-0.2, 0) is 10.0 Å². The maximum absolute atomic E-state index is 11.7. The van der Waals surface area contributed by atoms with Gasteiger partial charge in [0.1, 0.15) is 0 Å². The number of hydrogen-bond acceptors (Lipinski definition) is 4. The van der Waals surface area contributed by atoms with Crippen molar-refractivity contribution in [2.75, 3.05) is 21.1 Å². The van der Waals surface area contributed by atoms with Gasteiger partial charge < -0.3 is 5.11 Å². The maximum atomic E-state index is 11.7. The highest BCUT2D eigenvalue weighted by Gasteiger charge is 2.17. The lowest BCUT2D eigenvalue weighted by Crippen LogP contribution is -2.22. The molecule has 1 aromatic rings. The molecule has 148 valence electrons. The van der Waals surface area contributed by atoms with Crippen molar-refractivity contribution in [1.82, 2.24) is 4.31 Å². The van der Waals surface area contributed by atoms with Crippen LogP contribution in [-0.4, -0.2) is 44.7 Å². The second kappa shape index (κ2) is 10.7.